The first-order chi connectivity index (χ1) is 10.4. The lowest BCUT2D eigenvalue weighted by Crippen LogP contribution is -2.35. The van der Waals surface area contributed by atoms with Gasteiger partial charge < -0.3 is 15.4 Å². The van der Waals surface area contributed by atoms with Crippen LogP contribution in [-0.2, 0) is 0 Å². The second-order valence-corrected chi connectivity index (χ2v) is 6.31. The molecule has 22 heavy (non-hydrogen) atoms. The second kappa shape index (κ2) is 6.98. The quantitative estimate of drug-likeness (QED) is 0.863. The number of rotatable bonds is 4. The van der Waals surface area contributed by atoms with Crippen LogP contribution in [0.2, 0.25) is 0 Å². The molecular weight excluding hydrogens is 276 g/mol. The van der Waals surface area contributed by atoms with Crippen LogP contribution in [0.1, 0.15) is 20.8 Å². The molecule has 0 aliphatic rings. The summed E-state index contributed by atoms with van der Waals surface area (Å²) in [6.45, 7) is 6.84. The van der Waals surface area contributed by atoms with Crippen molar-refractivity contribution in [1.82, 2.24) is 5.32 Å². The van der Waals surface area contributed by atoms with E-state index >= 15 is 0 Å². The minimum atomic E-state index is -0.202. The average molecular weight is 298 g/mol. The van der Waals surface area contributed by atoms with Crippen LogP contribution in [0, 0.1) is 5.41 Å². The van der Waals surface area contributed by atoms with Gasteiger partial charge in [0.25, 0.3) is 0 Å². The monoisotopic (exact) mass is 298 g/mol. The van der Waals surface area contributed by atoms with Gasteiger partial charge in [-0.25, -0.2) is 4.79 Å². The number of ether oxygens (including phenoxy) is 1. The second-order valence-electron chi connectivity index (χ2n) is 6.31. The predicted molar refractivity (Wildman–Crippen MR) is 89.4 cm³/mol. The lowest BCUT2D eigenvalue weighted by molar-refractivity contribution is 0.247. The Morgan fingerprint density at radius 3 is 2.14 bits per heavy atom. The molecule has 116 valence electrons. The number of benzene rings is 2. The number of hydrogen-bond acceptors (Lipinski definition) is 2. The highest BCUT2D eigenvalue weighted by Crippen LogP contribution is 2.22. The number of nitrogens with one attached hydrogen (secondary N) is 2. The molecule has 4 heteroatoms. The first-order valence-electron chi connectivity index (χ1n) is 7.30. The summed E-state index contributed by atoms with van der Waals surface area (Å²) in [5, 5.41) is 5.64. The molecule has 0 saturated carbocycles. The molecule has 0 radical (unpaired) electrons. The molecule has 0 unspecified atom stereocenters. The van der Waals surface area contributed by atoms with Gasteiger partial charge in [-0.15, -0.1) is 0 Å². The van der Waals surface area contributed by atoms with Crippen molar-refractivity contribution in [2.45, 2.75) is 20.8 Å². The summed E-state index contributed by atoms with van der Waals surface area (Å²) >= 11 is 0. The fourth-order valence-electron chi connectivity index (χ4n) is 1.75. The van der Waals surface area contributed by atoms with Crippen LogP contribution < -0.4 is 15.4 Å². The van der Waals surface area contributed by atoms with Gasteiger partial charge in [0.15, 0.2) is 0 Å². The maximum Gasteiger partial charge on any atom is 0.319 e. The zero-order valence-electron chi connectivity index (χ0n) is 13.2. The standard InChI is InChI=1S/C18H22N2O2/c1-18(2,3)13-19-17(21)20-14-9-11-16(12-10-14)22-15-7-5-4-6-8-15/h4-12H,13H2,1-3H3,(H2,19,20,21). The van der Waals surface area contributed by atoms with Gasteiger partial charge in [0.1, 0.15) is 11.5 Å². The fraction of sp³-hybridized carbons (Fsp3) is 0.278. The third-order valence-corrected chi connectivity index (χ3v) is 2.87. The van der Waals surface area contributed by atoms with Crippen LogP contribution >= 0.6 is 0 Å². The normalized spacial score (nSPS) is 10.9. The number of anilines is 1. The van der Waals surface area contributed by atoms with Crippen molar-refractivity contribution in [3.8, 4) is 11.5 Å². The Balaban J connectivity index is 1.88. The third kappa shape index (κ3) is 5.48. The Hall–Kier alpha value is -2.49. The predicted octanol–water partition coefficient (Wildman–Crippen LogP) is 4.65. The van der Waals surface area contributed by atoms with Crippen LogP contribution in [0.25, 0.3) is 0 Å². The van der Waals surface area contributed by atoms with Gasteiger partial charge >= 0.3 is 6.03 Å². The molecule has 0 spiro atoms. The number of amides is 2. The molecule has 0 aromatic heterocycles. The number of para-hydroxylation sites is 1. The average Bonchev–Trinajstić information content (AvgIpc) is 2.48. The van der Waals surface area contributed by atoms with E-state index in [4.69, 9.17) is 4.74 Å². The highest BCUT2D eigenvalue weighted by molar-refractivity contribution is 5.89. The summed E-state index contributed by atoms with van der Waals surface area (Å²) in [5.74, 6) is 1.51. The van der Waals surface area contributed by atoms with Crippen molar-refractivity contribution in [2.24, 2.45) is 5.41 Å². The van der Waals surface area contributed by atoms with Crippen LogP contribution in [-0.4, -0.2) is 12.6 Å². The van der Waals surface area contributed by atoms with Crippen molar-refractivity contribution in [2.75, 3.05) is 11.9 Å². The molecule has 0 atom stereocenters. The largest absolute Gasteiger partial charge is 0.457 e. The van der Waals surface area contributed by atoms with E-state index in [-0.39, 0.29) is 11.4 Å². The van der Waals surface area contributed by atoms with Gasteiger partial charge in [-0.2, -0.15) is 0 Å². The van der Waals surface area contributed by atoms with E-state index in [2.05, 4.69) is 31.4 Å². The molecule has 2 amide bonds. The zero-order chi connectivity index (χ0) is 16.0. The van der Waals surface area contributed by atoms with E-state index in [1.165, 1.54) is 0 Å². The van der Waals surface area contributed by atoms with Crippen molar-refractivity contribution >= 4 is 11.7 Å². The van der Waals surface area contributed by atoms with Crippen molar-refractivity contribution < 1.29 is 9.53 Å². The Bertz CT molecular complexity index is 601. The first-order valence-corrected chi connectivity index (χ1v) is 7.30. The first kappa shape index (κ1) is 15.9. The Kier molecular flexibility index (Phi) is 5.04. The van der Waals surface area contributed by atoms with Crippen LogP contribution in [0.15, 0.2) is 54.6 Å². The Morgan fingerprint density at radius 1 is 0.955 bits per heavy atom. The molecular formula is C18H22N2O2. The van der Waals surface area contributed by atoms with E-state index in [0.717, 1.165) is 17.2 Å². The third-order valence-electron chi connectivity index (χ3n) is 2.87. The van der Waals surface area contributed by atoms with Crippen LogP contribution in [0.3, 0.4) is 0 Å². The molecule has 2 aromatic carbocycles. The number of carbonyl (C=O) groups is 1. The maximum absolute atomic E-state index is 11.8. The molecule has 0 bridgehead atoms. The van der Waals surface area contributed by atoms with Crippen molar-refractivity contribution in [3.63, 3.8) is 0 Å². The van der Waals surface area contributed by atoms with Gasteiger partial charge in [0.2, 0.25) is 0 Å². The molecule has 2 rings (SSSR count). The van der Waals surface area contributed by atoms with Crippen LogP contribution in [0.4, 0.5) is 10.5 Å². The highest BCUT2D eigenvalue weighted by Gasteiger charge is 2.11. The van der Waals surface area contributed by atoms with Crippen molar-refractivity contribution in [3.05, 3.63) is 54.6 Å². The lowest BCUT2D eigenvalue weighted by atomic mass is 9.97. The van der Waals surface area contributed by atoms with Gasteiger partial charge in [0, 0.05) is 12.2 Å². The van der Waals surface area contributed by atoms with E-state index in [0.29, 0.717) is 6.54 Å². The fourth-order valence-corrected chi connectivity index (χ4v) is 1.75. The topological polar surface area (TPSA) is 50.4 Å². The van der Waals surface area contributed by atoms with Gasteiger partial charge in [-0.05, 0) is 41.8 Å². The number of carbonyl (C=O) groups excluding carboxylic acids is 1. The summed E-state index contributed by atoms with van der Waals surface area (Å²) in [4.78, 5) is 11.8. The summed E-state index contributed by atoms with van der Waals surface area (Å²) < 4.78 is 5.70. The summed E-state index contributed by atoms with van der Waals surface area (Å²) in [7, 11) is 0. The molecule has 0 fully saturated rings. The summed E-state index contributed by atoms with van der Waals surface area (Å²) in [5.41, 5.74) is 0.789. The van der Waals surface area contributed by atoms with Crippen LogP contribution in [0.5, 0.6) is 11.5 Å². The highest BCUT2D eigenvalue weighted by atomic mass is 16.5. The zero-order valence-corrected chi connectivity index (χ0v) is 13.2. The minimum Gasteiger partial charge on any atom is -0.457 e. The van der Waals surface area contributed by atoms with Gasteiger partial charge in [-0.1, -0.05) is 39.0 Å². The number of hydrogen-bond donors (Lipinski definition) is 2. The van der Waals surface area contributed by atoms with E-state index < -0.39 is 0 Å². The van der Waals surface area contributed by atoms with Gasteiger partial charge in [-0.3, -0.25) is 0 Å². The molecule has 4 nitrogen and oxygen atoms in total. The molecule has 0 heterocycles. The molecule has 0 aliphatic carbocycles. The molecule has 0 saturated heterocycles. The smallest absolute Gasteiger partial charge is 0.319 e. The van der Waals surface area contributed by atoms with E-state index in [9.17, 15) is 4.79 Å². The number of urea groups is 1. The maximum atomic E-state index is 11.8. The molecule has 2 N–H and O–H groups in total. The van der Waals surface area contributed by atoms with E-state index in [1.807, 2.05) is 54.6 Å². The van der Waals surface area contributed by atoms with Gasteiger partial charge in [0.05, 0.1) is 0 Å². The van der Waals surface area contributed by atoms with E-state index in [1.54, 1.807) is 0 Å². The summed E-state index contributed by atoms with van der Waals surface area (Å²) in [6.07, 6.45) is 0. The Labute approximate surface area is 131 Å². The van der Waals surface area contributed by atoms with Crippen molar-refractivity contribution in [1.29, 1.82) is 0 Å². The lowest BCUT2D eigenvalue weighted by Gasteiger charge is -2.19. The Morgan fingerprint density at radius 2 is 1.55 bits per heavy atom. The summed E-state index contributed by atoms with van der Waals surface area (Å²) in [6, 6.07) is 16.7. The molecule has 0 aliphatic heterocycles. The minimum absolute atomic E-state index is 0.0602. The SMILES string of the molecule is CC(C)(C)CNC(=O)Nc1ccc(Oc2ccccc2)cc1. The molecule has 2 aromatic rings.